The quantitative estimate of drug-likeness (QED) is 0.127. The average Bonchev–Trinajstić information content (AvgIpc) is 3.42. The molecule has 0 bridgehead atoms. The summed E-state index contributed by atoms with van der Waals surface area (Å²) in [5, 5.41) is 24.0. The van der Waals surface area contributed by atoms with Crippen molar-refractivity contribution >= 4 is 5.57 Å². The third-order valence-corrected chi connectivity index (χ3v) is 14.0. The molecule has 2 N–H and O–H groups in total. The molecule has 0 unspecified atom stereocenters. The first-order chi connectivity index (χ1) is 24.0. The van der Waals surface area contributed by atoms with Crippen LogP contribution < -0.4 is 0 Å². The summed E-state index contributed by atoms with van der Waals surface area (Å²) in [5.41, 5.74) is -0.803. The Morgan fingerprint density at radius 1 is 0.840 bits per heavy atom. The smallest absolute Gasteiger partial charge is 0.192 e. The van der Waals surface area contributed by atoms with Crippen LogP contribution in [0, 0.1) is 28.6 Å². The molecule has 9 nitrogen and oxygen atoms in total. The Balaban J connectivity index is 1.21. The van der Waals surface area contributed by atoms with Gasteiger partial charge in [0.15, 0.2) is 11.9 Å². The van der Waals surface area contributed by atoms with Gasteiger partial charge in [0, 0.05) is 32.3 Å². The monoisotopic (exact) mass is 700 g/mol. The molecule has 0 amide bonds. The van der Waals surface area contributed by atoms with Crippen molar-refractivity contribution < 1.29 is 43.4 Å². The first-order valence-corrected chi connectivity index (χ1v) is 19.4. The van der Waals surface area contributed by atoms with E-state index in [1.54, 1.807) is 6.92 Å². The largest absolute Gasteiger partial charge is 0.382 e. The second kappa shape index (κ2) is 15.2. The van der Waals surface area contributed by atoms with E-state index in [0.29, 0.717) is 44.4 Å². The van der Waals surface area contributed by atoms with Gasteiger partial charge in [-0.2, -0.15) is 0 Å². The molecule has 1 heterocycles. The molecule has 6 rings (SSSR count). The molecule has 12 atom stereocenters. The van der Waals surface area contributed by atoms with Gasteiger partial charge in [0.1, 0.15) is 18.5 Å². The zero-order chi connectivity index (χ0) is 35.8. The summed E-state index contributed by atoms with van der Waals surface area (Å²) in [4.78, 5) is 0. The van der Waals surface area contributed by atoms with Gasteiger partial charge in [-0.3, -0.25) is 0 Å². The minimum absolute atomic E-state index is 0.0338. The second-order valence-electron chi connectivity index (χ2n) is 16.2. The van der Waals surface area contributed by atoms with E-state index in [1.165, 1.54) is 24.7 Å². The van der Waals surface area contributed by atoms with Crippen molar-refractivity contribution in [1.29, 1.82) is 0 Å². The predicted molar refractivity (Wildman–Crippen MR) is 191 cm³/mol. The molecule has 1 aromatic carbocycles. The van der Waals surface area contributed by atoms with Crippen LogP contribution in [0.5, 0.6) is 0 Å². The Labute approximate surface area is 300 Å². The number of ether oxygens (including phenoxy) is 7. The van der Waals surface area contributed by atoms with Crippen LogP contribution in [0.25, 0.3) is 5.57 Å². The molecule has 0 radical (unpaired) electrons. The number of hydrogen-bond acceptors (Lipinski definition) is 9. The van der Waals surface area contributed by atoms with Crippen molar-refractivity contribution in [1.82, 2.24) is 0 Å². The van der Waals surface area contributed by atoms with Crippen molar-refractivity contribution in [3.05, 3.63) is 42.0 Å². The van der Waals surface area contributed by atoms with E-state index in [9.17, 15) is 10.2 Å². The van der Waals surface area contributed by atoms with Gasteiger partial charge in [-0.1, -0.05) is 50.3 Å². The summed E-state index contributed by atoms with van der Waals surface area (Å²) >= 11 is 0. The summed E-state index contributed by atoms with van der Waals surface area (Å²) in [7, 11) is 1.50. The van der Waals surface area contributed by atoms with Gasteiger partial charge in [-0.15, -0.1) is 0 Å². The van der Waals surface area contributed by atoms with Gasteiger partial charge >= 0.3 is 0 Å². The maximum absolute atomic E-state index is 12.2. The van der Waals surface area contributed by atoms with Crippen molar-refractivity contribution in [2.24, 2.45) is 28.6 Å². The minimum Gasteiger partial charge on any atom is -0.382 e. The van der Waals surface area contributed by atoms with E-state index in [1.807, 2.05) is 20.8 Å². The Morgan fingerprint density at radius 3 is 2.22 bits per heavy atom. The second-order valence-corrected chi connectivity index (χ2v) is 16.2. The number of fused-ring (bicyclic) bond motifs is 5. The Kier molecular flexibility index (Phi) is 11.6. The van der Waals surface area contributed by atoms with Crippen molar-refractivity contribution in [3.8, 4) is 0 Å². The topological polar surface area (TPSA) is 105 Å². The maximum atomic E-state index is 12.2. The molecule has 5 aliphatic rings. The van der Waals surface area contributed by atoms with E-state index in [4.69, 9.17) is 33.2 Å². The molecule has 1 aliphatic heterocycles. The van der Waals surface area contributed by atoms with Crippen LogP contribution in [0.3, 0.4) is 0 Å². The number of rotatable bonds is 14. The fraction of sp³-hybridized carbons (Fsp3) is 0.805. The summed E-state index contributed by atoms with van der Waals surface area (Å²) in [6.45, 7) is 14.2. The zero-order valence-electron chi connectivity index (χ0n) is 31.7. The Morgan fingerprint density at radius 2 is 1.54 bits per heavy atom. The molecule has 0 aromatic heterocycles. The average molecular weight is 701 g/mol. The molecule has 9 heteroatoms. The van der Waals surface area contributed by atoms with Crippen LogP contribution in [0.15, 0.2) is 36.4 Å². The van der Waals surface area contributed by atoms with Crippen LogP contribution in [-0.2, 0) is 33.2 Å². The Bertz CT molecular complexity index is 1310. The van der Waals surface area contributed by atoms with Crippen LogP contribution >= 0.6 is 0 Å². The van der Waals surface area contributed by atoms with Gasteiger partial charge < -0.3 is 43.4 Å². The summed E-state index contributed by atoms with van der Waals surface area (Å²) in [5.74, 6) is 1.45. The van der Waals surface area contributed by atoms with Crippen LogP contribution in [0.1, 0.15) is 98.5 Å². The summed E-state index contributed by atoms with van der Waals surface area (Å²) in [6, 6.07) is 10.9. The van der Waals surface area contributed by atoms with E-state index in [2.05, 4.69) is 50.3 Å². The molecule has 3 saturated carbocycles. The summed E-state index contributed by atoms with van der Waals surface area (Å²) < 4.78 is 43.3. The van der Waals surface area contributed by atoms with Crippen molar-refractivity contribution in [3.63, 3.8) is 0 Å². The lowest BCUT2D eigenvalue weighted by Gasteiger charge is -2.64. The van der Waals surface area contributed by atoms with Crippen molar-refractivity contribution in [2.75, 3.05) is 46.9 Å². The minimum atomic E-state index is -1.73. The number of methoxy groups -OCH3 is 1. The van der Waals surface area contributed by atoms with Crippen molar-refractivity contribution in [2.45, 2.75) is 134 Å². The lowest BCUT2D eigenvalue weighted by molar-refractivity contribution is -0.386. The molecule has 0 spiro atoms. The Hall–Kier alpha value is -1.40. The van der Waals surface area contributed by atoms with Crippen LogP contribution in [0.2, 0.25) is 0 Å². The van der Waals surface area contributed by atoms with E-state index >= 15 is 0 Å². The summed E-state index contributed by atoms with van der Waals surface area (Å²) in [6.07, 6.45) is 7.83. The normalized spacial score (nSPS) is 44.3. The maximum Gasteiger partial charge on any atom is 0.192 e. The van der Waals surface area contributed by atoms with Gasteiger partial charge in [0.2, 0.25) is 0 Å². The van der Waals surface area contributed by atoms with Gasteiger partial charge in [-0.05, 0) is 113 Å². The highest BCUT2D eigenvalue weighted by molar-refractivity contribution is 5.74. The lowest BCUT2D eigenvalue weighted by atomic mass is 9.43. The molecular weight excluding hydrogens is 636 g/mol. The van der Waals surface area contributed by atoms with Crippen LogP contribution in [-0.4, -0.2) is 98.6 Å². The SMILES string of the molecule is CCOCO[C@]12CC=C(c3ccccc3)[C@@]1(C)CC[C@H]1[C@H]2CC[C@@H]2C[C@@H](O[C@@H]3O[C@@H](C)[C@@](O)(COCC)[C@@H](OC)[C@@]3(O)COCC)CC[C@@]21C. The molecule has 1 aromatic rings. The molecule has 4 fully saturated rings. The van der Waals surface area contributed by atoms with E-state index < -0.39 is 29.7 Å². The number of hydrogen-bond donors (Lipinski definition) is 2. The number of aliphatic hydroxyl groups is 2. The van der Waals surface area contributed by atoms with Gasteiger partial charge in [0.25, 0.3) is 0 Å². The molecule has 4 aliphatic carbocycles. The predicted octanol–water partition coefficient (Wildman–Crippen LogP) is 6.54. The molecule has 50 heavy (non-hydrogen) atoms. The molecule has 1 saturated heterocycles. The standard InChI is InChI=1S/C41H64O9/c1-8-45-25-39(42)28(4)49-36(40(43,26-46-9-2)35(39)44-7)50-31-18-21-37(5)30(24-31)16-17-34-33(37)19-22-38(6)32(29-14-12-11-13-15-29)20-23-41(34,38)48-27-47-10-3/h11-15,20,28,30-31,33-36,42-43H,8-10,16-19,21-27H2,1-7H3/t28-,30+,31-,33-,34+,35+,36-,37-,38+,39-,40-,41-/m0/s1. The lowest BCUT2D eigenvalue weighted by Crippen LogP contribution is -2.75. The molecular formula is C41H64O9. The first-order valence-electron chi connectivity index (χ1n) is 19.4. The fourth-order valence-corrected chi connectivity index (χ4v) is 11.3. The van der Waals surface area contributed by atoms with Gasteiger partial charge in [0.05, 0.1) is 31.0 Å². The van der Waals surface area contributed by atoms with Crippen LogP contribution in [0.4, 0.5) is 0 Å². The highest BCUT2D eigenvalue weighted by Gasteiger charge is 2.68. The van der Waals surface area contributed by atoms with E-state index in [0.717, 1.165) is 44.9 Å². The third-order valence-electron chi connectivity index (χ3n) is 14.0. The highest BCUT2D eigenvalue weighted by atomic mass is 16.7. The highest BCUT2D eigenvalue weighted by Crippen LogP contribution is 2.70. The number of benzene rings is 1. The van der Waals surface area contributed by atoms with E-state index in [-0.39, 0.29) is 35.7 Å². The fourth-order valence-electron chi connectivity index (χ4n) is 11.3. The van der Waals surface area contributed by atoms with Gasteiger partial charge in [-0.25, -0.2) is 0 Å². The first kappa shape index (κ1) is 38.3. The zero-order valence-corrected chi connectivity index (χ0v) is 31.7. The molecule has 282 valence electrons. The third kappa shape index (κ3) is 6.24.